The van der Waals surface area contributed by atoms with Gasteiger partial charge in [0.15, 0.2) is 0 Å². The average Bonchev–Trinajstić information content (AvgIpc) is 2.76. The van der Waals surface area contributed by atoms with Gasteiger partial charge in [0.2, 0.25) is 5.89 Å². The maximum atomic E-state index is 6.18. The van der Waals surface area contributed by atoms with Crippen LogP contribution in [0.5, 0.6) is 0 Å². The Kier molecular flexibility index (Phi) is 3.30. The van der Waals surface area contributed by atoms with Gasteiger partial charge >= 0.3 is 0 Å². The zero-order valence-electron chi connectivity index (χ0n) is 10.1. The van der Waals surface area contributed by atoms with E-state index < -0.39 is 0 Å². The Morgan fingerprint density at radius 2 is 2.06 bits per heavy atom. The van der Waals surface area contributed by atoms with Crippen molar-refractivity contribution >= 4 is 0 Å². The lowest BCUT2D eigenvalue weighted by Gasteiger charge is -2.22. The molecule has 1 saturated carbocycles. The Bertz CT molecular complexity index is 334. The minimum Gasteiger partial charge on any atom is -0.443 e. The zero-order chi connectivity index (χ0) is 11.6. The molecule has 4 heteroatoms. The molecule has 1 aromatic rings. The average molecular weight is 224 g/mol. The third-order valence-corrected chi connectivity index (χ3v) is 3.29. The summed E-state index contributed by atoms with van der Waals surface area (Å²) in [6.45, 7) is 4.87. The van der Waals surface area contributed by atoms with Crippen LogP contribution in [0.25, 0.3) is 0 Å². The van der Waals surface area contributed by atoms with Crippen molar-refractivity contribution in [2.45, 2.75) is 51.7 Å². The fourth-order valence-corrected chi connectivity index (χ4v) is 2.17. The van der Waals surface area contributed by atoms with Gasteiger partial charge in [-0.2, -0.15) is 0 Å². The Morgan fingerprint density at radius 3 is 2.62 bits per heavy atom. The number of oxazole rings is 1. The van der Waals surface area contributed by atoms with E-state index in [1.807, 2.05) is 13.8 Å². The fourth-order valence-electron chi connectivity index (χ4n) is 2.17. The molecule has 0 aromatic carbocycles. The van der Waals surface area contributed by atoms with Gasteiger partial charge in [-0.3, -0.25) is 0 Å². The van der Waals surface area contributed by atoms with Crippen molar-refractivity contribution in [3.8, 4) is 0 Å². The van der Waals surface area contributed by atoms with E-state index in [1.165, 1.54) is 12.8 Å². The fraction of sp³-hybridized carbons (Fsp3) is 0.750. The lowest BCUT2D eigenvalue weighted by Crippen LogP contribution is -2.41. The molecular formula is C12H20N2O2. The van der Waals surface area contributed by atoms with E-state index >= 15 is 0 Å². The summed E-state index contributed by atoms with van der Waals surface area (Å²) in [5, 5.41) is 0. The molecule has 1 aliphatic rings. The second kappa shape index (κ2) is 4.55. The molecule has 0 amide bonds. The van der Waals surface area contributed by atoms with Crippen LogP contribution in [0.4, 0.5) is 0 Å². The van der Waals surface area contributed by atoms with Crippen molar-refractivity contribution in [3.63, 3.8) is 0 Å². The van der Waals surface area contributed by atoms with Gasteiger partial charge in [0.05, 0.1) is 12.3 Å². The summed E-state index contributed by atoms with van der Waals surface area (Å²) < 4.78 is 11.0. The number of hydrogen-bond donors (Lipinski definition) is 1. The summed E-state index contributed by atoms with van der Waals surface area (Å²) in [6, 6.07) is 0. The van der Waals surface area contributed by atoms with Crippen molar-refractivity contribution in [2.75, 3.05) is 6.61 Å². The first kappa shape index (κ1) is 11.6. The summed E-state index contributed by atoms with van der Waals surface area (Å²) in [5.74, 6) is 1.51. The first-order chi connectivity index (χ1) is 7.59. The third-order valence-electron chi connectivity index (χ3n) is 3.29. The number of rotatable bonds is 4. The number of hydrogen-bond acceptors (Lipinski definition) is 4. The number of nitrogens with two attached hydrogens (primary N) is 1. The summed E-state index contributed by atoms with van der Waals surface area (Å²) in [4.78, 5) is 4.26. The minimum atomic E-state index is -0.114. The van der Waals surface area contributed by atoms with Crippen LogP contribution >= 0.6 is 0 Å². The highest BCUT2D eigenvalue weighted by atomic mass is 16.5. The zero-order valence-corrected chi connectivity index (χ0v) is 10.1. The smallest absolute Gasteiger partial charge is 0.220 e. The molecule has 0 spiro atoms. The monoisotopic (exact) mass is 224 g/mol. The molecule has 90 valence electrons. The number of nitrogens with zero attached hydrogens (tertiary/aromatic N) is 1. The highest BCUT2D eigenvalue weighted by Crippen LogP contribution is 2.27. The van der Waals surface area contributed by atoms with Crippen LogP contribution in [-0.2, 0) is 11.3 Å². The molecule has 2 N–H and O–H groups in total. The van der Waals surface area contributed by atoms with Crippen LogP contribution in [-0.4, -0.2) is 17.1 Å². The number of aromatic nitrogens is 1. The van der Waals surface area contributed by atoms with E-state index in [-0.39, 0.29) is 5.54 Å². The molecule has 1 aromatic heterocycles. The first-order valence-electron chi connectivity index (χ1n) is 5.89. The van der Waals surface area contributed by atoms with Crippen LogP contribution in [0.1, 0.15) is 43.0 Å². The molecule has 0 saturated heterocycles. The summed E-state index contributed by atoms with van der Waals surface area (Å²) in [5.41, 5.74) is 7.00. The summed E-state index contributed by atoms with van der Waals surface area (Å²) in [6.07, 6.45) is 4.57. The van der Waals surface area contributed by atoms with E-state index in [4.69, 9.17) is 14.9 Å². The Labute approximate surface area is 96.2 Å². The van der Waals surface area contributed by atoms with Gasteiger partial charge in [0.25, 0.3) is 0 Å². The Hall–Kier alpha value is -0.870. The maximum absolute atomic E-state index is 6.18. The molecule has 0 atom stereocenters. The topological polar surface area (TPSA) is 61.3 Å². The van der Waals surface area contributed by atoms with Gasteiger partial charge in [0, 0.05) is 5.54 Å². The van der Waals surface area contributed by atoms with Crippen molar-refractivity contribution < 1.29 is 9.15 Å². The van der Waals surface area contributed by atoms with E-state index in [2.05, 4.69) is 4.98 Å². The van der Waals surface area contributed by atoms with Crippen LogP contribution in [0.2, 0.25) is 0 Å². The first-order valence-corrected chi connectivity index (χ1v) is 5.89. The van der Waals surface area contributed by atoms with Gasteiger partial charge in [-0.1, -0.05) is 12.8 Å². The molecule has 1 fully saturated rings. The molecule has 16 heavy (non-hydrogen) atoms. The van der Waals surface area contributed by atoms with Gasteiger partial charge in [-0.25, -0.2) is 4.98 Å². The van der Waals surface area contributed by atoms with Crippen molar-refractivity contribution in [3.05, 3.63) is 17.3 Å². The van der Waals surface area contributed by atoms with E-state index in [0.29, 0.717) is 19.1 Å². The molecule has 4 nitrogen and oxygen atoms in total. The molecular weight excluding hydrogens is 204 g/mol. The SMILES string of the molecule is Cc1nc(COCC2(N)CCCC2)oc1C. The molecule has 0 aliphatic heterocycles. The maximum Gasteiger partial charge on any atom is 0.220 e. The van der Waals surface area contributed by atoms with Crippen molar-refractivity contribution in [1.29, 1.82) is 0 Å². The minimum absolute atomic E-state index is 0.114. The van der Waals surface area contributed by atoms with Crippen LogP contribution in [0.3, 0.4) is 0 Å². The number of aryl methyl sites for hydroxylation is 2. The van der Waals surface area contributed by atoms with Gasteiger partial charge in [-0.05, 0) is 26.7 Å². The number of ether oxygens (including phenoxy) is 1. The molecule has 1 heterocycles. The standard InChI is InChI=1S/C12H20N2O2/c1-9-10(2)16-11(14-9)7-15-8-12(13)5-3-4-6-12/h3-8,13H2,1-2H3. The lowest BCUT2D eigenvalue weighted by atomic mass is 10.0. The summed E-state index contributed by atoms with van der Waals surface area (Å²) >= 11 is 0. The molecule has 0 radical (unpaired) electrons. The van der Waals surface area contributed by atoms with Crippen LogP contribution < -0.4 is 5.73 Å². The van der Waals surface area contributed by atoms with Crippen LogP contribution in [0, 0.1) is 13.8 Å². The normalized spacial score (nSPS) is 19.2. The van der Waals surface area contributed by atoms with Gasteiger partial charge in [0.1, 0.15) is 12.4 Å². The highest BCUT2D eigenvalue weighted by molar-refractivity contribution is 5.04. The van der Waals surface area contributed by atoms with E-state index in [0.717, 1.165) is 24.3 Å². The van der Waals surface area contributed by atoms with Gasteiger partial charge < -0.3 is 14.9 Å². The van der Waals surface area contributed by atoms with E-state index in [9.17, 15) is 0 Å². The molecule has 0 unspecified atom stereocenters. The quantitative estimate of drug-likeness (QED) is 0.850. The summed E-state index contributed by atoms with van der Waals surface area (Å²) in [7, 11) is 0. The second-order valence-electron chi connectivity index (χ2n) is 4.81. The molecule has 0 bridgehead atoms. The van der Waals surface area contributed by atoms with Gasteiger partial charge in [-0.15, -0.1) is 0 Å². The van der Waals surface area contributed by atoms with Crippen LogP contribution in [0.15, 0.2) is 4.42 Å². The Balaban J connectivity index is 1.79. The Morgan fingerprint density at radius 1 is 1.38 bits per heavy atom. The predicted octanol–water partition coefficient (Wildman–Crippen LogP) is 2.08. The molecule has 1 aliphatic carbocycles. The van der Waals surface area contributed by atoms with E-state index in [1.54, 1.807) is 0 Å². The predicted molar refractivity (Wildman–Crippen MR) is 61.0 cm³/mol. The second-order valence-corrected chi connectivity index (χ2v) is 4.81. The van der Waals surface area contributed by atoms with Crippen molar-refractivity contribution in [2.24, 2.45) is 5.73 Å². The van der Waals surface area contributed by atoms with Crippen molar-refractivity contribution in [1.82, 2.24) is 4.98 Å². The lowest BCUT2D eigenvalue weighted by molar-refractivity contribution is 0.0616. The largest absolute Gasteiger partial charge is 0.443 e. The third kappa shape index (κ3) is 2.62. The molecule has 2 rings (SSSR count). The highest BCUT2D eigenvalue weighted by Gasteiger charge is 2.29.